The second-order valence-electron chi connectivity index (χ2n) is 4.28. The van der Waals surface area contributed by atoms with E-state index in [1.807, 2.05) is 18.2 Å². The molecule has 2 N–H and O–H groups in total. The van der Waals surface area contributed by atoms with Gasteiger partial charge >= 0.3 is 5.97 Å². The largest absolute Gasteiger partial charge is 0.508 e. The number of nitrogens with one attached hydrogen (secondary N) is 1. The zero-order valence-corrected chi connectivity index (χ0v) is 14.4. The number of hydrogen-bond acceptors (Lipinski definition) is 4. The summed E-state index contributed by atoms with van der Waals surface area (Å²) in [6, 6.07) is 10.5. The van der Waals surface area contributed by atoms with E-state index < -0.39 is 5.97 Å². The molecule has 110 valence electrons. The molecule has 0 amide bonds. The molecule has 0 aliphatic carbocycles. The van der Waals surface area contributed by atoms with Crippen LogP contribution in [-0.2, 0) is 11.3 Å². The second-order valence-corrected chi connectivity index (χ2v) is 6.05. The Bertz CT molecular complexity index is 674. The predicted octanol–water partition coefficient (Wildman–Crippen LogP) is 4.32. The SMILES string of the molecule is COC(=O)c1cc(Br)cc(Br)c1NCc1ccccc1O. The van der Waals surface area contributed by atoms with Crippen LogP contribution < -0.4 is 5.32 Å². The van der Waals surface area contributed by atoms with Crippen LogP contribution in [0.1, 0.15) is 15.9 Å². The number of ether oxygens (including phenoxy) is 1. The van der Waals surface area contributed by atoms with Crippen LogP contribution in [0.5, 0.6) is 5.75 Å². The van der Waals surface area contributed by atoms with Gasteiger partial charge in [-0.05, 0) is 34.1 Å². The summed E-state index contributed by atoms with van der Waals surface area (Å²) in [6.45, 7) is 0.386. The van der Waals surface area contributed by atoms with Crippen LogP contribution in [0, 0.1) is 0 Å². The van der Waals surface area contributed by atoms with Crippen LogP contribution >= 0.6 is 31.9 Å². The summed E-state index contributed by atoms with van der Waals surface area (Å²) in [5.74, 6) is -0.227. The predicted molar refractivity (Wildman–Crippen MR) is 88.6 cm³/mol. The van der Waals surface area contributed by atoms with Gasteiger partial charge in [0, 0.05) is 21.1 Å². The lowest BCUT2D eigenvalue weighted by molar-refractivity contribution is 0.0601. The minimum atomic E-state index is -0.434. The third-order valence-electron chi connectivity index (χ3n) is 2.91. The molecule has 0 heterocycles. The van der Waals surface area contributed by atoms with Crippen molar-refractivity contribution in [3.05, 3.63) is 56.5 Å². The molecule has 2 rings (SSSR count). The standard InChI is InChI=1S/C15H13Br2NO3/c1-21-15(20)11-6-10(16)7-12(17)14(11)18-8-9-4-2-3-5-13(9)19/h2-7,18-19H,8H2,1H3. The number of methoxy groups -OCH3 is 1. The molecule has 0 aliphatic rings. The van der Waals surface area contributed by atoms with E-state index in [4.69, 9.17) is 4.74 Å². The lowest BCUT2D eigenvalue weighted by atomic mass is 10.1. The molecular formula is C15H13Br2NO3. The average molecular weight is 415 g/mol. The Morgan fingerprint density at radius 3 is 2.67 bits per heavy atom. The van der Waals surface area contributed by atoms with E-state index >= 15 is 0 Å². The molecule has 4 nitrogen and oxygen atoms in total. The molecule has 0 atom stereocenters. The van der Waals surface area contributed by atoms with E-state index in [0.29, 0.717) is 17.8 Å². The number of phenolic OH excluding ortho intramolecular Hbond substituents is 1. The topological polar surface area (TPSA) is 58.6 Å². The summed E-state index contributed by atoms with van der Waals surface area (Å²) < 4.78 is 6.29. The molecule has 0 saturated carbocycles. The fourth-order valence-corrected chi connectivity index (χ4v) is 3.23. The first kappa shape index (κ1) is 15.9. The van der Waals surface area contributed by atoms with Crippen molar-refractivity contribution in [3.63, 3.8) is 0 Å². The van der Waals surface area contributed by atoms with Gasteiger partial charge in [-0.2, -0.15) is 0 Å². The Labute approximate surface area is 139 Å². The van der Waals surface area contributed by atoms with E-state index in [-0.39, 0.29) is 5.75 Å². The van der Waals surface area contributed by atoms with Gasteiger partial charge in [-0.1, -0.05) is 34.1 Å². The minimum Gasteiger partial charge on any atom is -0.508 e. The van der Waals surface area contributed by atoms with Crippen LogP contribution in [-0.4, -0.2) is 18.2 Å². The summed E-state index contributed by atoms with van der Waals surface area (Å²) in [5.41, 5.74) is 1.77. The molecule has 0 aliphatic heterocycles. The quantitative estimate of drug-likeness (QED) is 0.731. The van der Waals surface area contributed by atoms with Crippen molar-refractivity contribution in [1.29, 1.82) is 0 Å². The highest BCUT2D eigenvalue weighted by Crippen LogP contribution is 2.32. The van der Waals surface area contributed by atoms with Crippen molar-refractivity contribution >= 4 is 43.5 Å². The summed E-state index contributed by atoms with van der Waals surface area (Å²) in [7, 11) is 1.34. The van der Waals surface area contributed by atoms with Gasteiger partial charge in [-0.15, -0.1) is 0 Å². The van der Waals surface area contributed by atoms with E-state index in [1.165, 1.54) is 7.11 Å². The fraction of sp³-hybridized carbons (Fsp3) is 0.133. The smallest absolute Gasteiger partial charge is 0.340 e. The van der Waals surface area contributed by atoms with Gasteiger partial charge in [-0.25, -0.2) is 4.79 Å². The highest BCUT2D eigenvalue weighted by molar-refractivity contribution is 9.11. The van der Waals surface area contributed by atoms with E-state index in [9.17, 15) is 9.90 Å². The van der Waals surface area contributed by atoms with Crippen molar-refractivity contribution in [2.24, 2.45) is 0 Å². The highest BCUT2D eigenvalue weighted by atomic mass is 79.9. The van der Waals surface area contributed by atoms with Crippen molar-refractivity contribution in [2.45, 2.75) is 6.54 Å². The van der Waals surface area contributed by atoms with Crippen LogP contribution in [0.2, 0.25) is 0 Å². The summed E-state index contributed by atoms with van der Waals surface area (Å²) >= 11 is 6.77. The third kappa shape index (κ3) is 3.77. The van der Waals surface area contributed by atoms with E-state index in [2.05, 4.69) is 37.2 Å². The Morgan fingerprint density at radius 1 is 1.29 bits per heavy atom. The Kier molecular flexibility index (Phi) is 5.25. The van der Waals surface area contributed by atoms with Crippen molar-refractivity contribution in [2.75, 3.05) is 12.4 Å². The summed E-state index contributed by atoms with van der Waals surface area (Å²) in [5, 5.41) is 12.9. The molecule has 0 saturated heterocycles. The molecule has 6 heteroatoms. The molecule has 2 aromatic rings. The number of benzene rings is 2. The van der Waals surface area contributed by atoms with Crippen LogP contribution in [0.4, 0.5) is 5.69 Å². The number of hydrogen-bond donors (Lipinski definition) is 2. The first-order chi connectivity index (χ1) is 10.0. The maximum absolute atomic E-state index is 11.9. The molecular weight excluding hydrogens is 402 g/mol. The Balaban J connectivity index is 2.31. The third-order valence-corrected chi connectivity index (χ3v) is 3.99. The number of carbonyl (C=O) groups excluding carboxylic acids is 1. The maximum atomic E-state index is 11.9. The number of aromatic hydroxyl groups is 1. The van der Waals surface area contributed by atoms with Gasteiger partial charge in [0.2, 0.25) is 0 Å². The van der Waals surface area contributed by atoms with E-state index in [0.717, 1.165) is 14.5 Å². The zero-order chi connectivity index (χ0) is 15.4. The summed E-state index contributed by atoms with van der Waals surface area (Å²) in [4.78, 5) is 11.9. The number of anilines is 1. The zero-order valence-electron chi connectivity index (χ0n) is 11.2. The van der Waals surface area contributed by atoms with Crippen LogP contribution in [0.15, 0.2) is 45.3 Å². The number of esters is 1. The van der Waals surface area contributed by atoms with Crippen molar-refractivity contribution in [3.8, 4) is 5.75 Å². The number of phenols is 1. The van der Waals surface area contributed by atoms with Crippen molar-refractivity contribution < 1.29 is 14.6 Å². The van der Waals surface area contributed by atoms with Crippen molar-refractivity contribution in [1.82, 2.24) is 0 Å². The Morgan fingerprint density at radius 2 is 2.00 bits per heavy atom. The minimum absolute atomic E-state index is 0.206. The van der Waals surface area contributed by atoms with Gasteiger partial charge in [-0.3, -0.25) is 0 Å². The average Bonchev–Trinajstić information content (AvgIpc) is 2.46. The number of halogens is 2. The molecule has 0 aromatic heterocycles. The van der Waals surface area contributed by atoms with Gasteiger partial charge in [0.25, 0.3) is 0 Å². The molecule has 2 aromatic carbocycles. The molecule has 0 fully saturated rings. The fourth-order valence-electron chi connectivity index (χ4n) is 1.87. The monoisotopic (exact) mass is 413 g/mol. The van der Waals surface area contributed by atoms with E-state index in [1.54, 1.807) is 18.2 Å². The second kappa shape index (κ2) is 6.95. The number of para-hydroxylation sites is 1. The van der Waals surface area contributed by atoms with Gasteiger partial charge < -0.3 is 15.2 Å². The molecule has 0 bridgehead atoms. The normalized spacial score (nSPS) is 10.2. The first-order valence-corrected chi connectivity index (χ1v) is 7.69. The Hall–Kier alpha value is -1.53. The molecule has 21 heavy (non-hydrogen) atoms. The lowest BCUT2D eigenvalue weighted by Gasteiger charge is -2.14. The van der Waals surface area contributed by atoms with Gasteiger partial charge in [0.15, 0.2) is 0 Å². The summed E-state index contributed by atoms with van der Waals surface area (Å²) in [6.07, 6.45) is 0. The van der Waals surface area contributed by atoms with Crippen LogP contribution in [0.25, 0.3) is 0 Å². The van der Waals surface area contributed by atoms with Gasteiger partial charge in [0.1, 0.15) is 5.75 Å². The molecule has 0 radical (unpaired) electrons. The molecule has 0 spiro atoms. The number of carbonyl (C=O) groups is 1. The van der Waals surface area contributed by atoms with Crippen LogP contribution in [0.3, 0.4) is 0 Å². The lowest BCUT2D eigenvalue weighted by Crippen LogP contribution is -2.09. The maximum Gasteiger partial charge on any atom is 0.340 e. The molecule has 0 unspecified atom stereocenters. The number of rotatable bonds is 4. The van der Waals surface area contributed by atoms with Gasteiger partial charge in [0.05, 0.1) is 18.4 Å². The first-order valence-electron chi connectivity index (χ1n) is 6.11. The highest BCUT2D eigenvalue weighted by Gasteiger charge is 2.16.